The van der Waals surface area contributed by atoms with E-state index in [9.17, 15) is 9.59 Å². The van der Waals surface area contributed by atoms with Gasteiger partial charge < -0.3 is 4.74 Å². The molecule has 5 nitrogen and oxygen atoms in total. The fourth-order valence-corrected chi connectivity index (χ4v) is 4.23. The fraction of sp³-hybridized carbons (Fsp3) is 0.143. The maximum Gasteiger partial charge on any atom is 0.332 e. The van der Waals surface area contributed by atoms with E-state index in [0.29, 0.717) is 16.8 Å². The van der Waals surface area contributed by atoms with Gasteiger partial charge in [0.2, 0.25) is 0 Å². The van der Waals surface area contributed by atoms with E-state index < -0.39 is 0 Å². The molecule has 0 unspecified atom stereocenters. The normalized spacial score (nSPS) is 11.0. The number of benzene rings is 2. The SMILES string of the molecule is COc1ccc(-c2csc3c2c(=O)n(C)c(=O)n3Cc2ccccc2)cc1. The van der Waals surface area contributed by atoms with Gasteiger partial charge in [0.15, 0.2) is 0 Å². The van der Waals surface area contributed by atoms with Gasteiger partial charge in [0.1, 0.15) is 10.6 Å². The number of aromatic nitrogens is 2. The minimum atomic E-state index is -0.306. The summed E-state index contributed by atoms with van der Waals surface area (Å²) in [6.07, 6.45) is 0. The Morgan fingerprint density at radius 1 is 1.00 bits per heavy atom. The summed E-state index contributed by atoms with van der Waals surface area (Å²) in [5.41, 5.74) is 2.19. The van der Waals surface area contributed by atoms with Crippen LogP contribution in [0.25, 0.3) is 21.3 Å². The third-order valence-corrected chi connectivity index (χ3v) is 5.64. The summed E-state index contributed by atoms with van der Waals surface area (Å²) in [4.78, 5) is 26.3. The van der Waals surface area contributed by atoms with Gasteiger partial charge in [0.25, 0.3) is 5.56 Å². The highest BCUT2D eigenvalue weighted by Gasteiger charge is 2.17. The third kappa shape index (κ3) is 2.98. The second-order valence-corrected chi connectivity index (χ2v) is 7.13. The number of thiophene rings is 1. The molecule has 2 heterocycles. The average Bonchev–Trinajstić information content (AvgIpc) is 3.15. The molecule has 0 radical (unpaired) electrons. The Kier molecular flexibility index (Phi) is 4.41. The van der Waals surface area contributed by atoms with Gasteiger partial charge in [0, 0.05) is 18.0 Å². The van der Waals surface area contributed by atoms with Gasteiger partial charge in [-0.25, -0.2) is 4.79 Å². The lowest BCUT2D eigenvalue weighted by Crippen LogP contribution is -2.38. The number of hydrogen-bond acceptors (Lipinski definition) is 4. The van der Waals surface area contributed by atoms with E-state index >= 15 is 0 Å². The van der Waals surface area contributed by atoms with Crippen molar-refractivity contribution in [2.75, 3.05) is 7.11 Å². The lowest BCUT2D eigenvalue weighted by Gasteiger charge is -2.10. The van der Waals surface area contributed by atoms with Crippen molar-refractivity contribution in [1.82, 2.24) is 9.13 Å². The number of hydrogen-bond donors (Lipinski definition) is 0. The summed E-state index contributed by atoms with van der Waals surface area (Å²) in [6, 6.07) is 17.3. The summed E-state index contributed by atoms with van der Waals surface area (Å²) in [6.45, 7) is 0.423. The van der Waals surface area contributed by atoms with Crippen molar-refractivity contribution in [3.8, 4) is 16.9 Å². The standard InChI is InChI=1S/C21H18N2O3S/c1-22-19(24)18-17(15-8-10-16(26-2)11-9-15)13-27-20(18)23(21(22)25)12-14-6-4-3-5-7-14/h3-11,13H,12H2,1-2H3. The van der Waals surface area contributed by atoms with Crippen molar-refractivity contribution in [3.05, 3.63) is 86.4 Å². The Balaban J connectivity index is 1.94. The highest BCUT2D eigenvalue weighted by molar-refractivity contribution is 7.17. The first-order chi connectivity index (χ1) is 13.1. The van der Waals surface area contributed by atoms with Crippen LogP contribution in [0.15, 0.2) is 69.6 Å². The molecule has 0 aliphatic rings. The van der Waals surface area contributed by atoms with Gasteiger partial charge in [-0.3, -0.25) is 13.9 Å². The van der Waals surface area contributed by atoms with E-state index in [0.717, 1.165) is 22.4 Å². The Bertz CT molecular complexity index is 1220. The zero-order valence-corrected chi connectivity index (χ0v) is 15.8. The molecular formula is C21H18N2O3S. The molecule has 0 N–H and O–H groups in total. The first-order valence-corrected chi connectivity index (χ1v) is 9.37. The molecule has 0 aliphatic heterocycles. The Morgan fingerprint density at radius 3 is 2.37 bits per heavy atom. The van der Waals surface area contributed by atoms with Gasteiger partial charge in [0.05, 0.1) is 19.0 Å². The first-order valence-electron chi connectivity index (χ1n) is 8.49. The van der Waals surface area contributed by atoms with Crippen LogP contribution in [-0.4, -0.2) is 16.2 Å². The molecule has 136 valence electrons. The molecule has 0 spiro atoms. The van der Waals surface area contributed by atoms with Crippen molar-refractivity contribution in [3.63, 3.8) is 0 Å². The largest absolute Gasteiger partial charge is 0.497 e. The maximum atomic E-state index is 12.9. The second-order valence-electron chi connectivity index (χ2n) is 6.28. The predicted molar refractivity (Wildman–Crippen MR) is 109 cm³/mol. The van der Waals surface area contributed by atoms with Crippen molar-refractivity contribution in [1.29, 1.82) is 0 Å². The zero-order chi connectivity index (χ0) is 19.0. The third-order valence-electron chi connectivity index (χ3n) is 4.64. The smallest absolute Gasteiger partial charge is 0.332 e. The van der Waals surface area contributed by atoms with Crippen molar-refractivity contribution in [2.24, 2.45) is 7.05 Å². The number of rotatable bonds is 4. The number of fused-ring (bicyclic) bond motifs is 1. The quantitative estimate of drug-likeness (QED) is 0.546. The van der Waals surface area contributed by atoms with Crippen LogP contribution in [0, 0.1) is 0 Å². The Morgan fingerprint density at radius 2 is 1.70 bits per heavy atom. The van der Waals surface area contributed by atoms with E-state index in [-0.39, 0.29) is 11.2 Å². The summed E-state index contributed by atoms with van der Waals surface area (Å²) in [7, 11) is 3.15. The van der Waals surface area contributed by atoms with Crippen molar-refractivity contribution in [2.45, 2.75) is 6.54 Å². The average molecular weight is 378 g/mol. The van der Waals surface area contributed by atoms with E-state index in [2.05, 4.69) is 0 Å². The van der Waals surface area contributed by atoms with E-state index in [1.165, 1.54) is 23.0 Å². The first kappa shape index (κ1) is 17.3. The van der Waals surface area contributed by atoms with Gasteiger partial charge in [-0.1, -0.05) is 42.5 Å². The summed E-state index contributed by atoms with van der Waals surface area (Å²) >= 11 is 1.42. The fourth-order valence-electron chi connectivity index (χ4n) is 3.16. The zero-order valence-electron chi connectivity index (χ0n) is 15.0. The van der Waals surface area contributed by atoms with Crippen LogP contribution in [-0.2, 0) is 13.6 Å². The second kappa shape index (κ2) is 6.89. The van der Waals surface area contributed by atoms with Crippen LogP contribution in [0.2, 0.25) is 0 Å². The van der Waals surface area contributed by atoms with Crippen LogP contribution >= 0.6 is 11.3 Å². The summed E-state index contributed by atoms with van der Waals surface area (Å²) in [5, 5.41) is 2.51. The van der Waals surface area contributed by atoms with Crippen molar-refractivity contribution < 1.29 is 4.74 Å². The summed E-state index contributed by atoms with van der Waals surface area (Å²) < 4.78 is 8.07. The predicted octanol–water partition coefficient (Wildman–Crippen LogP) is 3.49. The molecule has 0 fully saturated rings. The number of nitrogens with zero attached hydrogens (tertiary/aromatic N) is 2. The van der Waals surface area contributed by atoms with Crippen LogP contribution < -0.4 is 16.0 Å². The molecule has 0 bridgehead atoms. The van der Waals surface area contributed by atoms with Gasteiger partial charge in [-0.05, 0) is 23.3 Å². The highest BCUT2D eigenvalue weighted by atomic mass is 32.1. The molecule has 0 atom stereocenters. The minimum Gasteiger partial charge on any atom is -0.497 e. The monoisotopic (exact) mass is 378 g/mol. The van der Waals surface area contributed by atoms with E-state index in [4.69, 9.17) is 4.74 Å². The molecule has 2 aromatic heterocycles. The Hall–Kier alpha value is -3.12. The lowest BCUT2D eigenvalue weighted by molar-refractivity contribution is 0.415. The van der Waals surface area contributed by atoms with Crippen LogP contribution in [0.5, 0.6) is 5.75 Å². The molecule has 0 saturated carbocycles. The number of methoxy groups -OCH3 is 1. The molecule has 4 aromatic rings. The molecular weight excluding hydrogens is 360 g/mol. The minimum absolute atomic E-state index is 0.272. The maximum absolute atomic E-state index is 12.9. The molecule has 0 amide bonds. The van der Waals surface area contributed by atoms with Crippen LogP contribution in [0.3, 0.4) is 0 Å². The summed E-state index contributed by atoms with van der Waals surface area (Å²) in [5.74, 6) is 0.757. The van der Waals surface area contributed by atoms with Crippen molar-refractivity contribution >= 4 is 21.6 Å². The van der Waals surface area contributed by atoms with E-state index in [1.54, 1.807) is 11.7 Å². The molecule has 6 heteroatoms. The molecule has 0 saturated heterocycles. The molecule has 4 rings (SSSR count). The Labute approximate surface area is 159 Å². The molecule has 2 aromatic carbocycles. The van der Waals surface area contributed by atoms with Gasteiger partial charge in [-0.15, -0.1) is 11.3 Å². The lowest BCUT2D eigenvalue weighted by atomic mass is 10.1. The van der Waals surface area contributed by atoms with Crippen LogP contribution in [0.4, 0.5) is 0 Å². The highest BCUT2D eigenvalue weighted by Crippen LogP contribution is 2.32. The topological polar surface area (TPSA) is 53.2 Å². The molecule has 27 heavy (non-hydrogen) atoms. The van der Waals surface area contributed by atoms with Crippen LogP contribution in [0.1, 0.15) is 5.56 Å². The molecule has 0 aliphatic carbocycles. The number of ether oxygens (including phenoxy) is 1. The van der Waals surface area contributed by atoms with Gasteiger partial charge in [-0.2, -0.15) is 0 Å². The van der Waals surface area contributed by atoms with Gasteiger partial charge >= 0.3 is 5.69 Å². The van der Waals surface area contributed by atoms with E-state index in [1.807, 2.05) is 60.0 Å².